The van der Waals surface area contributed by atoms with E-state index in [0.29, 0.717) is 114 Å². The third-order valence-corrected chi connectivity index (χ3v) is 8.83. The van der Waals surface area contributed by atoms with E-state index in [0.717, 1.165) is 35.0 Å². The Morgan fingerprint density at radius 1 is 0.789 bits per heavy atom. The van der Waals surface area contributed by atoms with Gasteiger partial charge in [0.25, 0.3) is 5.91 Å². The van der Waals surface area contributed by atoms with Gasteiger partial charge >= 0.3 is 5.97 Å². The zero-order valence-corrected chi connectivity index (χ0v) is 31.9. The summed E-state index contributed by atoms with van der Waals surface area (Å²) in [4.78, 5) is 35.7. The summed E-state index contributed by atoms with van der Waals surface area (Å²) in [7, 11) is 1.58. The number of aliphatic hydroxyl groups is 1. The van der Waals surface area contributed by atoms with E-state index < -0.39 is 17.5 Å². The van der Waals surface area contributed by atoms with Crippen LogP contribution in [0.2, 0.25) is 0 Å². The van der Waals surface area contributed by atoms with E-state index >= 15 is 0 Å². The first-order valence-corrected chi connectivity index (χ1v) is 18.8. The van der Waals surface area contributed by atoms with E-state index in [9.17, 15) is 23.9 Å². The highest BCUT2D eigenvalue weighted by molar-refractivity contribution is 6.12. The summed E-state index contributed by atoms with van der Waals surface area (Å²) < 4.78 is 53.2. The molecule has 0 saturated heterocycles. The SMILES string of the molecule is CNC(=O)c1c(-c2ccc(F)cc2)oc2cc(NCCOCCOCCOCCOCCOCCOCc3cccc(C(=O)/C=C(\O)C(=O)O)c3)c(C3CC3)cc12. The van der Waals surface area contributed by atoms with Crippen LogP contribution in [-0.2, 0) is 39.8 Å². The van der Waals surface area contributed by atoms with Gasteiger partial charge in [0.05, 0.1) is 84.8 Å². The fraction of sp³-hybridized carbons (Fsp3) is 0.405. The summed E-state index contributed by atoms with van der Waals surface area (Å²) >= 11 is 0. The van der Waals surface area contributed by atoms with Gasteiger partial charge in [-0.3, -0.25) is 9.59 Å². The first-order valence-electron chi connectivity index (χ1n) is 18.8. The van der Waals surface area contributed by atoms with Crippen LogP contribution < -0.4 is 10.6 Å². The van der Waals surface area contributed by atoms with Crippen molar-refractivity contribution in [2.75, 3.05) is 91.6 Å². The molecule has 1 heterocycles. The number of nitrogens with one attached hydrogen (secondary N) is 2. The number of aliphatic carboxylic acids is 1. The number of allylic oxidation sites excluding steroid dienone is 1. The van der Waals surface area contributed by atoms with Crippen molar-refractivity contribution in [3.05, 3.63) is 101 Å². The van der Waals surface area contributed by atoms with Crippen LogP contribution in [0.5, 0.6) is 0 Å². The van der Waals surface area contributed by atoms with Crippen LogP contribution in [0.1, 0.15) is 50.6 Å². The van der Waals surface area contributed by atoms with Crippen LogP contribution in [0.4, 0.5) is 10.1 Å². The molecule has 306 valence electrons. The summed E-state index contributed by atoms with van der Waals surface area (Å²) in [5.41, 5.74) is 4.68. The van der Waals surface area contributed by atoms with Crippen molar-refractivity contribution in [2.45, 2.75) is 25.4 Å². The molecule has 1 saturated carbocycles. The number of carboxylic acids is 1. The maximum Gasteiger partial charge on any atom is 0.371 e. The molecule has 1 aliphatic carbocycles. The van der Waals surface area contributed by atoms with E-state index in [4.69, 9.17) is 37.9 Å². The molecule has 1 amide bonds. The highest BCUT2D eigenvalue weighted by Crippen LogP contribution is 2.46. The Bertz CT molecular complexity index is 1960. The fourth-order valence-corrected chi connectivity index (χ4v) is 5.83. The Morgan fingerprint density at radius 2 is 1.39 bits per heavy atom. The molecule has 4 aromatic rings. The van der Waals surface area contributed by atoms with Crippen molar-refractivity contribution >= 4 is 34.3 Å². The van der Waals surface area contributed by atoms with Gasteiger partial charge < -0.3 is 53.7 Å². The molecule has 0 aliphatic heterocycles. The van der Waals surface area contributed by atoms with Crippen LogP contribution in [0.3, 0.4) is 0 Å². The quantitative estimate of drug-likeness (QED) is 0.0243. The second kappa shape index (κ2) is 22.5. The molecular weight excluding hydrogens is 743 g/mol. The number of benzene rings is 3. The van der Waals surface area contributed by atoms with E-state index in [-0.39, 0.29) is 23.9 Å². The predicted molar refractivity (Wildman–Crippen MR) is 208 cm³/mol. The van der Waals surface area contributed by atoms with Gasteiger partial charge in [-0.15, -0.1) is 0 Å². The van der Waals surface area contributed by atoms with Crippen molar-refractivity contribution in [3.63, 3.8) is 0 Å². The number of halogens is 1. The minimum atomic E-state index is -1.57. The van der Waals surface area contributed by atoms with Gasteiger partial charge in [-0.2, -0.15) is 0 Å². The molecule has 5 rings (SSSR count). The molecule has 0 unspecified atom stereocenters. The summed E-state index contributed by atoms with van der Waals surface area (Å²) in [6.45, 7) is 5.36. The third kappa shape index (κ3) is 13.5. The van der Waals surface area contributed by atoms with Crippen LogP contribution in [-0.4, -0.2) is 114 Å². The first kappa shape index (κ1) is 43.0. The van der Waals surface area contributed by atoms with Crippen LogP contribution >= 0.6 is 0 Å². The first-order chi connectivity index (χ1) is 27.7. The van der Waals surface area contributed by atoms with Gasteiger partial charge in [0.1, 0.15) is 17.2 Å². The van der Waals surface area contributed by atoms with Crippen LogP contribution in [0.25, 0.3) is 22.3 Å². The number of carbonyl (C=O) groups excluding carboxylic acids is 2. The highest BCUT2D eigenvalue weighted by Gasteiger charge is 2.29. The van der Waals surface area contributed by atoms with Crippen molar-refractivity contribution < 1.29 is 61.8 Å². The number of hydrogen-bond donors (Lipinski definition) is 4. The zero-order chi connectivity index (χ0) is 40.4. The molecule has 0 spiro atoms. The highest BCUT2D eigenvalue weighted by atomic mass is 19.1. The van der Waals surface area contributed by atoms with Crippen molar-refractivity contribution in [2.24, 2.45) is 0 Å². The monoisotopic (exact) mass is 792 g/mol. The molecule has 1 fully saturated rings. The van der Waals surface area contributed by atoms with Crippen molar-refractivity contribution in [1.82, 2.24) is 5.32 Å². The van der Waals surface area contributed by atoms with Gasteiger partial charge in [0.2, 0.25) is 5.76 Å². The second-order valence-electron chi connectivity index (χ2n) is 13.0. The number of aliphatic hydroxyl groups excluding tert-OH is 1. The van der Waals surface area contributed by atoms with E-state index in [2.05, 4.69) is 10.6 Å². The smallest absolute Gasteiger partial charge is 0.371 e. The fourth-order valence-electron chi connectivity index (χ4n) is 5.83. The van der Waals surface area contributed by atoms with Gasteiger partial charge in [0, 0.05) is 47.9 Å². The number of furan rings is 1. The molecule has 4 N–H and O–H groups in total. The van der Waals surface area contributed by atoms with E-state index in [1.165, 1.54) is 18.2 Å². The normalized spacial score (nSPS) is 12.9. The van der Waals surface area contributed by atoms with Gasteiger partial charge in [-0.25, -0.2) is 9.18 Å². The number of hydrogen-bond acceptors (Lipinski definition) is 12. The number of carbonyl (C=O) groups is 3. The maximum absolute atomic E-state index is 13.6. The zero-order valence-electron chi connectivity index (χ0n) is 31.9. The number of ether oxygens (including phenoxy) is 6. The molecule has 3 aromatic carbocycles. The van der Waals surface area contributed by atoms with E-state index in [1.54, 1.807) is 37.4 Å². The minimum Gasteiger partial charge on any atom is -0.502 e. The molecular formula is C42H49FN2O12. The lowest BCUT2D eigenvalue weighted by Gasteiger charge is -2.13. The van der Waals surface area contributed by atoms with Crippen LogP contribution in [0.15, 0.2) is 76.9 Å². The maximum atomic E-state index is 13.6. The number of fused-ring (bicyclic) bond motifs is 1. The molecule has 0 bridgehead atoms. The number of rotatable bonds is 27. The Morgan fingerprint density at radius 3 is 1.96 bits per heavy atom. The summed E-state index contributed by atoms with van der Waals surface area (Å²) in [6.07, 6.45) is 2.82. The summed E-state index contributed by atoms with van der Waals surface area (Å²) in [5.74, 6) is -3.02. The Balaban J connectivity index is 0.867. The Kier molecular flexibility index (Phi) is 17.0. The third-order valence-electron chi connectivity index (χ3n) is 8.83. The Labute approximate surface area is 329 Å². The average Bonchev–Trinajstić information content (AvgIpc) is 4.00. The standard InChI is InChI=1S/C42H49FN2O12/c1-44-41(48)39-34-24-33(29-5-6-29)35(25-38(34)57-40(39)30-7-9-32(43)10-8-30)45-11-12-51-13-14-52-15-16-53-17-18-54-19-20-55-21-22-56-27-28-3-2-4-31(23-28)36(46)26-37(47)42(49)50/h2-4,7-10,23-26,29,45,47H,5-6,11-22,27H2,1H3,(H,44,48)(H,49,50)/b37-26-. The molecule has 57 heavy (non-hydrogen) atoms. The Hall–Kier alpha value is -5.16. The van der Waals surface area contributed by atoms with Crippen LogP contribution in [0, 0.1) is 5.82 Å². The molecule has 0 radical (unpaired) electrons. The van der Waals surface area contributed by atoms with Crippen molar-refractivity contribution in [3.8, 4) is 11.3 Å². The summed E-state index contributed by atoms with van der Waals surface area (Å²) in [6, 6.07) is 16.4. The lowest BCUT2D eigenvalue weighted by molar-refractivity contribution is -0.135. The molecule has 15 heteroatoms. The molecule has 14 nitrogen and oxygen atoms in total. The number of ketones is 1. The lowest BCUT2D eigenvalue weighted by Crippen LogP contribution is -2.18. The van der Waals surface area contributed by atoms with Gasteiger partial charge in [-0.1, -0.05) is 18.2 Å². The predicted octanol–water partition coefficient (Wildman–Crippen LogP) is 5.90. The molecule has 1 aromatic heterocycles. The second-order valence-corrected chi connectivity index (χ2v) is 13.0. The van der Waals surface area contributed by atoms with Gasteiger partial charge in [0.15, 0.2) is 5.78 Å². The van der Waals surface area contributed by atoms with E-state index in [1.807, 2.05) is 12.1 Å². The number of carboxylic acid groups (broad SMARTS) is 1. The summed E-state index contributed by atoms with van der Waals surface area (Å²) in [5, 5.41) is 24.9. The van der Waals surface area contributed by atoms with Crippen molar-refractivity contribution in [1.29, 1.82) is 0 Å². The largest absolute Gasteiger partial charge is 0.502 e. The molecule has 1 aliphatic rings. The number of amides is 1. The lowest BCUT2D eigenvalue weighted by atomic mass is 10.0. The average molecular weight is 793 g/mol. The number of anilines is 1. The topological polar surface area (TPSA) is 184 Å². The molecule has 0 atom stereocenters. The minimum absolute atomic E-state index is 0.238. The van der Waals surface area contributed by atoms with Gasteiger partial charge in [-0.05, 0) is 66.3 Å².